The van der Waals surface area contributed by atoms with Crippen molar-refractivity contribution in [2.24, 2.45) is 0 Å². The summed E-state index contributed by atoms with van der Waals surface area (Å²) in [4.78, 5) is 26.6. The largest absolute Gasteiger partial charge is 0.454 e. The van der Waals surface area contributed by atoms with Crippen molar-refractivity contribution in [3.8, 4) is 11.5 Å². The number of nitrogens with zero attached hydrogens (tertiary/aromatic N) is 1. The Morgan fingerprint density at radius 1 is 1.08 bits per heavy atom. The predicted octanol–water partition coefficient (Wildman–Crippen LogP) is 2.69. The quantitative estimate of drug-likeness (QED) is 0.874. The highest BCUT2D eigenvalue weighted by Gasteiger charge is 2.48. The van der Waals surface area contributed by atoms with E-state index in [4.69, 9.17) is 9.47 Å². The van der Waals surface area contributed by atoms with Gasteiger partial charge in [0.1, 0.15) is 5.54 Å². The third-order valence-electron chi connectivity index (χ3n) is 4.68. The number of imide groups is 1. The number of hydrogen-bond donors (Lipinski definition) is 1. The van der Waals surface area contributed by atoms with Gasteiger partial charge in [0.25, 0.3) is 5.91 Å². The van der Waals surface area contributed by atoms with Gasteiger partial charge in [-0.1, -0.05) is 35.9 Å². The first-order valence-corrected chi connectivity index (χ1v) is 8.07. The van der Waals surface area contributed by atoms with Gasteiger partial charge in [-0.05, 0) is 37.1 Å². The van der Waals surface area contributed by atoms with E-state index in [2.05, 4.69) is 5.32 Å². The van der Waals surface area contributed by atoms with Crippen LogP contribution >= 0.6 is 0 Å². The Hall–Kier alpha value is -3.02. The number of ether oxygens (including phenoxy) is 2. The predicted molar refractivity (Wildman–Crippen MR) is 90.2 cm³/mol. The van der Waals surface area contributed by atoms with Crippen LogP contribution in [0.25, 0.3) is 0 Å². The molecular weight excluding hydrogens is 320 g/mol. The first-order chi connectivity index (χ1) is 12.0. The summed E-state index contributed by atoms with van der Waals surface area (Å²) in [5.41, 5.74) is 1.62. The Morgan fingerprint density at radius 3 is 2.56 bits per heavy atom. The van der Waals surface area contributed by atoms with Crippen LogP contribution in [-0.2, 0) is 16.9 Å². The van der Waals surface area contributed by atoms with Crippen molar-refractivity contribution in [2.75, 3.05) is 6.79 Å². The minimum Gasteiger partial charge on any atom is -0.454 e. The van der Waals surface area contributed by atoms with Gasteiger partial charge in [-0.25, -0.2) is 4.79 Å². The van der Waals surface area contributed by atoms with E-state index in [1.807, 2.05) is 37.3 Å². The Balaban J connectivity index is 1.60. The third kappa shape index (κ3) is 2.50. The highest BCUT2D eigenvalue weighted by atomic mass is 16.7. The second-order valence-electron chi connectivity index (χ2n) is 6.50. The number of amides is 3. The summed E-state index contributed by atoms with van der Waals surface area (Å²) < 4.78 is 10.6. The number of benzene rings is 2. The third-order valence-corrected chi connectivity index (χ3v) is 4.68. The lowest BCUT2D eigenvalue weighted by molar-refractivity contribution is -0.131. The second kappa shape index (κ2) is 5.51. The van der Waals surface area contributed by atoms with Crippen LogP contribution in [0.5, 0.6) is 11.5 Å². The maximum absolute atomic E-state index is 12.9. The lowest BCUT2D eigenvalue weighted by Crippen LogP contribution is -2.40. The minimum absolute atomic E-state index is 0.183. The van der Waals surface area contributed by atoms with Gasteiger partial charge in [-0.15, -0.1) is 0 Å². The van der Waals surface area contributed by atoms with E-state index < -0.39 is 11.6 Å². The number of urea groups is 1. The van der Waals surface area contributed by atoms with E-state index in [0.717, 1.165) is 16.7 Å². The SMILES string of the molecule is Cc1ccc([C@@]2(C)NC(=O)N(Cc3ccc4c(c3)OCO4)C2=O)cc1. The van der Waals surface area contributed by atoms with E-state index in [0.29, 0.717) is 11.5 Å². The van der Waals surface area contributed by atoms with Crippen LogP contribution in [0.3, 0.4) is 0 Å². The molecule has 4 rings (SSSR count). The molecule has 6 heteroatoms. The molecule has 2 heterocycles. The molecule has 1 fully saturated rings. The van der Waals surface area contributed by atoms with Gasteiger partial charge in [0.05, 0.1) is 6.54 Å². The fourth-order valence-corrected chi connectivity index (χ4v) is 3.14. The average Bonchev–Trinajstić information content (AvgIpc) is 3.14. The van der Waals surface area contributed by atoms with Crippen LogP contribution in [0, 0.1) is 6.92 Å². The molecule has 2 aromatic carbocycles. The first kappa shape index (κ1) is 15.5. The van der Waals surface area contributed by atoms with Crippen molar-refractivity contribution in [3.63, 3.8) is 0 Å². The summed E-state index contributed by atoms with van der Waals surface area (Å²) in [6.45, 7) is 4.08. The highest BCUT2D eigenvalue weighted by Crippen LogP contribution is 2.34. The number of nitrogens with one attached hydrogen (secondary N) is 1. The number of hydrogen-bond acceptors (Lipinski definition) is 4. The molecule has 6 nitrogen and oxygen atoms in total. The van der Waals surface area contributed by atoms with E-state index >= 15 is 0 Å². The summed E-state index contributed by atoms with van der Waals surface area (Å²) in [5, 5.41) is 2.82. The zero-order valence-electron chi connectivity index (χ0n) is 14.0. The molecule has 2 aliphatic heterocycles. The van der Waals surface area contributed by atoms with Crippen LogP contribution in [0.4, 0.5) is 4.79 Å². The van der Waals surface area contributed by atoms with E-state index in [9.17, 15) is 9.59 Å². The Bertz CT molecular complexity index is 862. The Labute approximate surface area is 145 Å². The van der Waals surface area contributed by atoms with Crippen molar-refractivity contribution in [1.82, 2.24) is 10.2 Å². The molecule has 1 saturated heterocycles. The molecule has 0 radical (unpaired) electrons. The van der Waals surface area contributed by atoms with Crippen molar-refractivity contribution >= 4 is 11.9 Å². The van der Waals surface area contributed by atoms with Crippen molar-refractivity contribution in [1.29, 1.82) is 0 Å². The molecule has 0 bridgehead atoms. The maximum Gasteiger partial charge on any atom is 0.325 e. The normalized spacial score (nSPS) is 21.6. The lowest BCUT2D eigenvalue weighted by Gasteiger charge is -2.22. The molecular formula is C19H18N2O4. The van der Waals surface area contributed by atoms with Crippen molar-refractivity contribution in [2.45, 2.75) is 25.9 Å². The second-order valence-corrected chi connectivity index (χ2v) is 6.50. The van der Waals surface area contributed by atoms with Gasteiger partial charge in [0, 0.05) is 0 Å². The summed E-state index contributed by atoms with van der Waals surface area (Å²) in [6, 6.07) is 12.6. The number of carbonyl (C=O) groups is 2. The molecule has 0 aromatic heterocycles. The number of carbonyl (C=O) groups excluding carboxylic acids is 2. The summed E-state index contributed by atoms with van der Waals surface area (Å²) >= 11 is 0. The van der Waals surface area contributed by atoms with Crippen LogP contribution in [-0.4, -0.2) is 23.6 Å². The molecule has 25 heavy (non-hydrogen) atoms. The van der Waals surface area contributed by atoms with E-state index in [-0.39, 0.29) is 19.2 Å². The van der Waals surface area contributed by atoms with Gasteiger partial charge in [0.15, 0.2) is 11.5 Å². The monoisotopic (exact) mass is 338 g/mol. The molecule has 3 amide bonds. The van der Waals surface area contributed by atoms with Gasteiger partial charge in [0.2, 0.25) is 6.79 Å². The van der Waals surface area contributed by atoms with E-state index in [1.54, 1.807) is 19.1 Å². The Morgan fingerprint density at radius 2 is 1.80 bits per heavy atom. The summed E-state index contributed by atoms with van der Waals surface area (Å²) in [6.07, 6.45) is 0. The minimum atomic E-state index is -1.05. The molecule has 0 saturated carbocycles. The van der Waals surface area contributed by atoms with Gasteiger partial charge >= 0.3 is 6.03 Å². The average molecular weight is 338 g/mol. The number of aryl methyl sites for hydroxylation is 1. The van der Waals surface area contributed by atoms with Crippen LogP contribution < -0.4 is 14.8 Å². The molecule has 2 aliphatic rings. The van der Waals surface area contributed by atoms with Gasteiger partial charge in [-0.2, -0.15) is 0 Å². The fraction of sp³-hybridized carbons (Fsp3) is 0.263. The molecule has 0 aliphatic carbocycles. The molecule has 2 aromatic rings. The molecule has 1 atom stereocenters. The maximum atomic E-state index is 12.9. The van der Waals surface area contributed by atoms with Crippen LogP contribution in [0.1, 0.15) is 23.6 Å². The summed E-state index contributed by atoms with van der Waals surface area (Å²) in [5.74, 6) is 1.04. The zero-order valence-corrected chi connectivity index (χ0v) is 14.0. The van der Waals surface area contributed by atoms with Gasteiger partial charge < -0.3 is 14.8 Å². The lowest BCUT2D eigenvalue weighted by atomic mass is 9.91. The van der Waals surface area contributed by atoms with Crippen LogP contribution in [0.15, 0.2) is 42.5 Å². The number of rotatable bonds is 3. The number of fused-ring (bicyclic) bond motifs is 1. The first-order valence-electron chi connectivity index (χ1n) is 8.07. The van der Waals surface area contributed by atoms with Gasteiger partial charge in [-0.3, -0.25) is 9.69 Å². The fourth-order valence-electron chi connectivity index (χ4n) is 3.14. The summed E-state index contributed by atoms with van der Waals surface area (Å²) in [7, 11) is 0. The van der Waals surface area contributed by atoms with Crippen molar-refractivity contribution in [3.05, 3.63) is 59.2 Å². The van der Waals surface area contributed by atoms with E-state index in [1.165, 1.54) is 4.90 Å². The van der Waals surface area contributed by atoms with Crippen molar-refractivity contribution < 1.29 is 19.1 Å². The topological polar surface area (TPSA) is 67.9 Å². The molecule has 128 valence electrons. The molecule has 0 spiro atoms. The smallest absolute Gasteiger partial charge is 0.325 e. The van der Waals surface area contributed by atoms with Crippen LogP contribution in [0.2, 0.25) is 0 Å². The highest BCUT2D eigenvalue weighted by molar-refractivity contribution is 6.07. The molecule has 1 N–H and O–H groups in total. The Kier molecular flexibility index (Phi) is 3.42. The standard InChI is InChI=1S/C19H18N2O4/c1-12-3-6-14(7-4-12)19(2)17(22)21(18(23)20-19)10-13-5-8-15-16(9-13)25-11-24-15/h3-9H,10-11H2,1-2H3,(H,20,23)/t19-/m1/s1. The molecule has 0 unspecified atom stereocenters. The zero-order chi connectivity index (χ0) is 17.6.